The topological polar surface area (TPSA) is 49.4 Å². The first-order chi connectivity index (χ1) is 9.91. The average Bonchev–Trinajstić information content (AvgIpc) is 2.87. The van der Waals surface area contributed by atoms with Crippen LogP contribution in [0.5, 0.6) is 0 Å². The molecule has 0 radical (unpaired) electrons. The van der Waals surface area contributed by atoms with Gasteiger partial charge in [-0.15, -0.1) is 0 Å². The maximum Gasteiger partial charge on any atom is 0.212 e. The molecule has 1 saturated heterocycles. The quantitative estimate of drug-likeness (QED) is 0.866. The minimum absolute atomic E-state index is 0.00579. The molecule has 0 unspecified atom stereocenters. The Kier molecular flexibility index (Phi) is 5.40. The molecule has 0 aliphatic carbocycles. The van der Waals surface area contributed by atoms with Crippen LogP contribution in [0, 0.1) is 5.82 Å². The van der Waals surface area contributed by atoms with Crippen LogP contribution in [0.15, 0.2) is 18.2 Å². The summed E-state index contributed by atoms with van der Waals surface area (Å²) in [6.07, 6.45) is 0.618. The number of alkyl halides is 1. The predicted molar refractivity (Wildman–Crippen MR) is 79.5 cm³/mol. The van der Waals surface area contributed by atoms with E-state index in [1.807, 2.05) is 4.90 Å². The summed E-state index contributed by atoms with van der Waals surface area (Å²) in [6.45, 7) is 0.426. The van der Waals surface area contributed by atoms with E-state index in [4.69, 9.17) is 11.6 Å². The van der Waals surface area contributed by atoms with Gasteiger partial charge in [-0.2, -0.15) is 0 Å². The first kappa shape index (κ1) is 16.5. The highest BCUT2D eigenvalue weighted by atomic mass is 35.5. The fraction of sp³-hybridized carbons (Fsp3) is 0.538. The Balaban J connectivity index is 1.95. The molecule has 1 N–H and O–H groups in total. The summed E-state index contributed by atoms with van der Waals surface area (Å²) in [5.41, 5.74) is 0.669. The van der Waals surface area contributed by atoms with Gasteiger partial charge in [-0.1, -0.05) is 11.6 Å². The predicted octanol–water partition coefficient (Wildman–Crippen LogP) is 2.34. The number of nitrogens with zero attached hydrogens (tertiary/aromatic N) is 1. The average molecular weight is 339 g/mol. The third-order valence-corrected chi connectivity index (χ3v) is 5.17. The van der Waals surface area contributed by atoms with Crippen molar-refractivity contribution in [2.45, 2.75) is 18.9 Å². The molecule has 0 bridgehead atoms. The van der Waals surface area contributed by atoms with E-state index in [9.17, 15) is 17.2 Å². The molecule has 2 rings (SSSR count). The zero-order valence-corrected chi connectivity index (χ0v) is 12.9. The standard InChI is InChI=1S/C13H17ClF2N2O2S/c14-12-3-2-11(8-13(12)16)18-6-4-10(9-18)17-21(19,20)7-1-5-15/h2-3,8,10,17H,1,4-7,9H2/t10-/m0/s1. The Morgan fingerprint density at radius 2 is 2.19 bits per heavy atom. The molecule has 1 heterocycles. The van der Waals surface area contributed by atoms with Crippen LogP contribution in [-0.4, -0.2) is 40.0 Å². The second kappa shape index (κ2) is 6.89. The van der Waals surface area contributed by atoms with Crippen molar-refractivity contribution < 1.29 is 17.2 Å². The van der Waals surface area contributed by atoms with Crippen LogP contribution in [0.25, 0.3) is 0 Å². The Hall–Kier alpha value is -0.920. The third-order valence-electron chi connectivity index (χ3n) is 3.35. The van der Waals surface area contributed by atoms with Gasteiger partial charge in [-0.25, -0.2) is 17.5 Å². The van der Waals surface area contributed by atoms with Crippen molar-refractivity contribution in [2.75, 3.05) is 30.4 Å². The SMILES string of the molecule is O=S(=O)(CCCF)N[C@H]1CCN(c2ccc(Cl)c(F)c2)C1. The fourth-order valence-corrected chi connectivity index (χ4v) is 3.75. The van der Waals surface area contributed by atoms with Gasteiger partial charge in [0, 0.05) is 24.8 Å². The molecule has 1 aromatic carbocycles. The second-order valence-electron chi connectivity index (χ2n) is 5.01. The summed E-state index contributed by atoms with van der Waals surface area (Å²) in [5, 5.41) is 0.0569. The molecule has 1 aromatic rings. The van der Waals surface area contributed by atoms with Crippen molar-refractivity contribution in [2.24, 2.45) is 0 Å². The van der Waals surface area contributed by atoms with Crippen LogP contribution >= 0.6 is 11.6 Å². The number of halogens is 3. The second-order valence-corrected chi connectivity index (χ2v) is 7.29. The van der Waals surface area contributed by atoms with Gasteiger partial charge in [-0.3, -0.25) is 4.39 Å². The minimum atomic E-state index is -3.46. The van der Waals surface area contributed by atoms with E-state index in [2.05, 4.69) is 4.72 Å². The molecule has 8 heteroatoms. The Labute approximate surface area is 128 Å². The van der Waals surface area contributed by atoms with Crippen LogP contribution in [0.4, 0.5) is 14.5 Å². The first-order valence-corrected chi connectivity index (χ1v) is 8.70. The maximum atomic E-state index is 13.4. The zero-order chi connectivity index (χ0) is 15.5. The van der Waals surface area contributed by atoms with Gasteiger partial charge in [-0.05, 0) is 31.0 Å². The fourth-order valence-electron chi connectivity index (χ4n) is 2.33. The summed E-state index contributed by atoms with van der Waals surface area (Å²) in [4.78, 5) is 1.89. The molecule has 1 fully saturated rings. The van der Waals surface area contributed by atoms with Gasteiger partial charge < -0.3 is 4.90 Å². The molecule has 21 heavy (non-hydrogen) atoms. The molecule has 0 aromatic heterocycles. The lowest BCUT2D eigenvalue weighted by Gasteiger charge is -2.19. The molecule has 0 saturated carbocycles. The lowest BCUT2D eigenvalue weighted by Crippen LogP contribution is -2.38. The van der Waals surface area contributed by atoms with Crippen LogP contribution < -0.4 is 9.62 Å². The number of hydrogen-bond donors (Lipinski definition) is 1. The molecule has 4 nitrogen and oxygen atoms in total. The largest absolute Gasteiger partial charge is 0.370 e. The summed E-state index contributed by atoms with van der Waals surface area (Å²) in [6, 6.07) is 4.27. The number of benzene rings is 1. The Morgan fingerprint density at radius 3 is 2.86 bits per heavy atom. The smallest absolute Gasteiger partial charge is 0.212 e. The van der Waals surface area contributed by atoms with E-state index < -0.39 is 22.5 Å². The number of sulfonamides is 1. The van der Waals surface area contributed by atoms with E-state index >= 15 is 0 Å². The highest BCUT2D eigenvalue weighted by molar-refractivity contribution is 7.89. The van der Waals surface area contributed by atoms with Gasteiger partial charge in [0.2, 0.25) is 10.0 Å². The van der Waals surface area contributed by atoms with E-state index in [0.29, 0.717) is 25.2 Å². The zero-order valence-electron chi connectivity index (χ0n) is 11.4. The van der Waals surface area contributed by atoms with Gasteiger partial charge >= 0.3 is 0 Å². The molecular formula is C13H17ClF2N2O2S. The highest BCUT2D eigenvalue weighted by Gasteiger charge is 2.26. The maximum absolute atomic E-state index is 13.4. The molecular weight excluding hydrogens is 322 g/mol. The van der Waals surface area contributed by atoms with Gasteiger partial charge in [0.1, 0.15) is 5.82 Å². The van der Waals surface area contributed by atoms with Crippen LogP contribution in [0.1, 0.15) is 12.8 Å². The van der Waals surface area contributed by atoms with E-state index in [1.54, 1.807) is 6.07 Å². The summed E-state index contributed by atoms with van der Waals surface area (Å²) in [7, 11) is -3.46. The normalized spacial score (nSPS) is 19.2. The van der Waals surface area contributed by atoms with Crippen LogP contribution in [-0.2, 0) is 10.0 Å². The number of anilines is 1. The lowest BCUT2D eigenvalue weighted by atomic mass is 10.3. The highest BCUT2D eigenvalue weighted by Crippen LogP contribution is 2.25. The Morgan fingerprint density at radius 1 is 1.43 bits per heavy atom. The van der Waals surface area contributed by atoms with E-state index in [-0.39, 0.29) is 23.2 Å². The third kappa shape index (κ3) is 4.52. The van der Waals surface area contributed by atoms with Gasteiger partial charge in [0.25, 0.3) is 0 Å². The summed E-state index contributed by atoms with van der Waals surface area (Å²) in [5.74, 6) is -0.712. The molecule has 0 amide bonds. The molecule has 0 spiro atoms. The Bertz CT molecular complexity index is 598. The molecule has 1 atom stereocenters. The monoisotopic (exact) mass is 338 g/mol. The summed E-state index contributed by atoms with van der Waals surface area (Å²) < 4.78 is 51.5. The van der Waals surface area contributed by atoms with E-state index in [0.717, 1.165) is 0 Å². The van der Waals surface area contributed by atoms with E-state index in [1.165, 1.54) is 12.1 Å². The first-order valence-electron chi connectivity index (χ1n) is 6.67. The molecule has 118 valence electrons. The summed E-state index contributed by atoms with van der Waals surface area (Å²) >= 11 is 5.64. The van der Waals surface area contributed by atoms with Gasteiger partial charge in [0.05, 0.1) is 17.5 Å². The number of hydrogen-bond acceptors (Lipinski definition) is 3. The minimum Gasteiger partial charge on any atom is -0.370 e. The van der Waals surface area contributed by atoms with Crippen molar-refractivity contribution in [1.29, 1.82) is 0 Å². The molecule has 1 aliphatic rings. The molecule has 1 aliphatic heterocycles. The lowest BCUT2D eigenvalue weighted by molar-refractivity contribution is 0.481. The number of nitrogens with one attached hydrogen (secondary N) is 1. The van der Waals surface area contributed by atoms with Crippen molar-refractivity contribution in [3.8, 4) is 0 Å². The van der Waals surface area contributed by atoms with Crippen molar-refractivity contribution in [1.82, 2.24) is 4.72 Å². The van der Waals surface area contributed by atoms with Crippen molar-refractivity contribution in [3.63, 3.8) is 0 Å². The van der Waals surface area contributed by atoms with Gasteiger partial charge in [0.15, 0.2) is 0 Å². The van der Waals surface area contributed by atoms with Crippen LogP contribution in [0.2, 0.25) is 5.02 Å². The van der Waals surface area contributed by atoms with Crippen LogP contribution in [0.3, 0.4) is 0 Å². The van der Waals surface area contributed by atoms with Crippen molar-refractivity contribution in [3.05, 3.63) is 29.0 Å². The number of rotatable bonds is 6. The van der Waals surface area contributed by atoms with Crippen molar-refractivity contribution >= 4 is 27.3 Å².